The van der Waals surface area contributed by atoms with Gasteiger partial charge in [-0.2, -0.15) is 0 Å². The lowest BCUT2D eigenvalue weighted by atomic mass is 10.2. The third-order valence-corrected chi connectivity index (χ3v) is 3.38. The zero-order valence-corrected chi connectivity index (χ0v) is 12.1. The van der Waals surface area contributed by atoms with E-state index in [2.05, 4.69) is 10.3 Å². The Morgan fingerprint density at radius 2 is 2.14 bits per heavy atom. The summed E-state index contributed by atoms with van der Waals surface area (Å²) < 4.78 is 5.30. The highest BCUT2D eigenvalue weighted by atomic mass is 16.5. The Morgan fingerprint density at radius 3 is 2.95 bits per heavy atom. The number of rotatable bonds is 3. The van der Waals surface area contributed by atoms with Crippen molar-refractivity contribution < 1.29 is 14.3 Å². The molecule has 6 nitrogen and oxygen atoms in total. The van der Waals surface area contributed by atoms with Gasteiger partial charge in [0.15, 0.2) is 18.2 Å². The first kappa shape index (κ1) is 14.1. The van der Waals surface area contributed by atoms with Crippen LogP contribution in [0.5, 0.6) is 5.75 Å². The molecule has 1 aliphatic heterocycles. The molecule has 22 heavy (non-hydrogen) atoms. The van der Waals surface area contributed by atoms with E-state index < -0.39 is 0 Å². The fourth-order valence-corrected chi connectivity index (χ4v) is 2.24. The van der Waals surface area contributed by atoms with E-state index in [1.165, 1.54) is 4.90 Å². The van der Waals surface area contributed by atoms with Gasteiger partial charge in [-0.1, -0.05) is 18.2 Å². The second-order valence-corrected chi connectivity index (χ2v) is 4.96. The molecule has 0 radical (unpaired) electrons. The summed E-state index contributed by atoms with van der Waals surface area (Å²) in [4.78, 5) is 29.7. The third kappa shape index (κ3) is 2.76. The molecule has 1 aromatic carbocycles. The lowest BCUT2D eigenvalue weighted by Crippen LogP contribution is -2.44. The van der Waals surface area contributed by atoms with E-state index in [1.54, 1.807) is 18.3 Å². The van der Waals surface area contributed by atoms with Gasteiger partial charge >= 0.3 is 0 Å². The molecule has 0 spiro atoms. The van der Waals surface area contributed by atoms with E-state index in [0.29, 0.717) is 11.6 Å². The predicted octanol–water partition coefficient (Wildman–Crippen LogP) is 1.75. The molecule has 2 heterocycles. The largest absolute Gasteiger partial charge is 0.480 e. The van der Waals surface area contributed by atoms with Gasteiger partial charge in [-0.3, -0.25) is 14.5 Å². The number of benzene rings is 1. The van der Waals surface area contributed by atoms with Gasteiger partial charge in [0.1, 0.15) is 6.54 Å². The normalized spacial score (nSPS) is 13.3. The summed E-state index contributed by atoms with van der Waals surface area (Å²) in [7, 11) is 0. The highest BCUT2D eigenvalue weighted by Crippen LogP contribution is 2.28. The molecule has 0 fully saturated rings. The summed E-state index contributed by atoms with van der Waals surface area (Å²) >= 11 is 0. The van der Waals surface area contributed by atoms with Gasteiger partial charge in [0.2, 0.25) is 5.91 Å². The second-order valence-electron chi connectivity index (χ2n) is 4.96. The number of aromatic nitrogens is 1. The van der Waals surface area contributed by atoms with Crippen LogP contribution in [0.15, 0.2) is 42.6 Å². The molecular weight excluding hydrogens is 282 g/mol. The molecule has 1 aromatic heterocycles. The van der Waals surface area contributed by atoms with E-state index in [9.17, 15) is 9.59 Å². The second kappa shape index (κ2) is 5.85. The maximum Gasteiger partial charge on any atom is 0.266 e. The maximum atomic E-state index is 12.2. The molecule has 2 aromatic rings. The van der Waals surface area contributed by atoms with Crippen LogP contribution >= 0.6 is 0 Å². The highest BCUT2D eigenvalue weighted by Gasteiger charge is 2.28. The summed E-state index contributed by atoms with van der Waals surface area (Å²) in [5, 5.41) is 2.81. The molecule has 1 N–H and O–H groups in total. The number of fused-ring (bicyclic) bond motifs is 1. The summed E-state index contributed by atoms with van der Waals surface area (Å²) in [6.07, 6.45) is 1.56. The average Bonchev–Trinajstić information content (AvgIpc) is 2.52. The van der Waals surface area contributed by atoms with Crippen molar-refractivity contribution in [3.05, 3.63) is 48.2 Å². The fraction of sp³-hybridized carbons (Fsp3) is 0.188. The Morgan fingerprint density at radius 1 is 1.32 bits per heavy atom. The lowest BCUT2D eigenvalue weighted by molar-refractivity contribution is -0.123. The summed E-state index contributed by atoms with van der Waals surface area (Å²) in [5.74, 6) is 0.316. The molecule has 112 valence electrons. The van der Waals surface area contributed by atoms with Crippen molar-refractivity contribution in [2.75, 3.05) is 23.4 Å². The van der Waals surface area contributed by atoms with Crippen LogP contribution < -0.4 is 15.0 Å². The van der Waals surface area contributed by atoms with Crippen molar-refractivity contribution in [1.82, 2.24) is 4.98 Å². The molecule has 0 aliphatic carbocycles. The Hall–Kier alpha value is -2.89. The monoisotopic (exact) mass is 297 g/mol. The molecule has 2 amide bonds. The van der Waals surface area contributed by atoms with E-state index in [-0.39, 0.29) is 25.0 Å². The van der Waals surface area contributed by atoms with E-state index >= 15 is 0 Å². The quantitative estimate of drug-likeness (QED) is 0.937. The number of pyridine rings is 1. The number of aryl methyl sites for hydroxylation is 1. The van der Waals surface area contributed by atoms with Crippen molar-refractivity contribution in [2.45, 2.75) is 6.92 Å². The van der Waals surface area contributed by atoms with Crippen LogP contribution in [0.3, 0.4) is 0 Å². The van der Waals surface area contributed by atoms with E-state index in [0.717, 1.165) is 11.3 Å². The molecule has 0 unspecified atom stereocenters. The third-order valence-electron chi connectivity index (χ3n) is 3.38. The Bertz CT molecular complexity index is 730. The number of para-hydroxylation sites is 1. The molecule has 1 aliphatic rings. The van der Waals surface area contributed by atoms with Gasteiger partial charge in [0.25, 0.3) is 5.91 Å². The predicted molar refractivity (Wildman–Crippen MR) is 81.9 cm³/mol. The topological polar surface area (TPSA) is 71.5 Å². The van der Waals surface area contributed by atoms with Crippen molar-refractivity contribution >= 4 is 23.3 Å². The zero-order valence-electron chi connectivity index (χ0n) is 12.1. The molecule has 0 saturated carbocycles. The van der Waals surface area contributed by atoms with Gasteiger partial charge in [0.05, 0.1) is 0 Å². The Balaban J connectivity index is 1.77. The van der Waals surface area contributed by atoms with Crippen LogP contribution in [-0.2, 0) is 9.59 Å². The van der Waals surface area contributed by atoms with Crippen LogP contribution in [0.2, 0.25) is 0 Å². The molecule has 0 saturated heterocycles. The first-order chi connectivity index (χ1) is 10.6. The molecule has 0 bridgehead atoms. The number of ether oxygens (including phenoxy) is 1. The number of nitrogens with one attached hydrogen (secondary N) is 1. The number of nitrogens with zero attached hydrogens (tertiary/aromatic N) is 2. The molecule has 0 atom stereocenters. The number of hydrogen-bond acceptors (Lipinski definition) is 4. The summed E-state index contributed by atoms with van der Waals surface area (Å²) in [6.45, 7) is 1.73. The van der Waals surface area contributed by atoms with Crippen molar-refractivity contribution in [3.8, 4) is 5.75 Å². The minimum absolute atomic E-state index is 0.0870. The van der Waals surface area contributed by atoms with Gasteiger partial charge in [-0.05, 0) is 30.7 Å². The average molecular weight is 297 g/mol. The highest BCUT2D eigenvalue weighted by molar-refractivity contribution is 6.04. The first-order valence-corrected chi connectivity index (χ1v) is 6.89. The Kier molecular flexibility index (Phi) is 3.74. The standard InChI is InChI=1S/C16H15N3O3/c1-11-5-2-3-6-12(11)18-14(20)9-19-15(21)10-22-13-7-4-8-17-16(13)19/h2-8H,9-10H2,1H3,(H,18,20). The van der Waals surface area contributed by atoms with E-state index in [1.807, 2.05) is 31.2 Å². The first-order valence-electron chi connectivity index (χ1n) is 6.89. The maximum absolute atomic E-state index is 12.2. The van der Waals surface area contributed by atoms with Gasteiger partial charge in [-0.25, -0.2) is 4.98 Å². The minimum Gasteiger partial charge on any atom is -0.480 e. The number of amides is 2. The minimum atomic E-state index is -0.286. The lowest BCUT2D eigenvalue weighted by Gasteiger charge is -2.27. The summed E-state index contributed by atoms with van der Waals surface area (Å²) in [6, 6.07) is 10.9. The number of anilines is 2. The van der Waals surface area contributed by atoms with Gasteiger partial charge < -0.3 is 10.1 Å². The summed E-state index contributed by atoms with van der Waals surface area (Å²) in [5.41, 5.74) is 1.69. The Labute approximate surface area is 127 Å². The number of carbonyl (C=O) groups excluding carboxylic acids is 2. The number of hydrogen-bond donors (Lipinski definition) is 1. The van der Waals surface area contributed by atoms with Crippen molar-refractivity contribution in [3.63, 3.8) is 0 Å². The van der Waals surface area contributed by atoms with Crippen LogP contribution in [0.1, 0.15) is 5.56 Å². The number of carbonyl (C=O) groups is 2. The fourth-order valence-electron chi connectivity index (χ4n) is 2.24. The molecular formula is C16H15N3O3. The van der Waals surface area contributed by atoms with Crippen molar-refractivity contribution in [1.29, 1.82) is 0 Å². The van der Waals surface area contributed by atoms with Gasteiger partial charge in [-0.15, -0.1) is 0 Å². The van der Waals surface area contributed by atoms with Crippen molar-refractivity contribution in [2.24, 2.45) is 0 Å². The van der Waals surface area contributed by atoms with E-state index in [4.69, 9.17) is 4.74 Å². The van der Waals surface area contributed by atoms with Crippen LogP contribution in [0, 0.1) is 6.92 Å². The van der Waals surface area contributed by atoms with Crippen LogP contribution in [0.4, 0.5) is 11.5 Å². The van der Waals surface area contributed by atoms with Crippen LogP contribution in [0.25, 0.3) is 0 Å². The van der Waals surface area contributed by atoms with Gasteiger partial charge in [0, 0.05) is 11.9 Å². The molecule has 3 rings (SSSR count). The molecule has 6 heteroatoms. The van der Waals surface area contributed by atoms with Crippen LogP contribution in [-0.4, -0.2) is 29.9 Å². The smallest absolute Gasteiger partial charge is 0.266 e. The SMILES string of the molecule is Cc1ccccc1NC(=O)CN1C(=O)COc2cccnc21. The zero-order chi connectivity index (χ0) is 15.5.